The van der Waals surface area contributed by atoms with Gasteiger partial charge in [-0.15, -0.1) is 0 Å². The second kappa shape index (κ2) is 8.80. The van der Waals surface area contributed by atoms with Gasteiger partial charge in [0.05, 0.1) is 0 Å². The second-order valence-electron chi connectivity index (χ2n) is 4.69. The normalized spacial score (nSPS) is 11.7. The molecule has 0 unspecified atom stereocenters. The van der Waals surface area contributed by atoms with Gasteiger partial charge < -0.3 is 26.6 Å². The molecule has 0 bridgehead atoms. The van der Waals surface area contributed by atoms with Crippen molar-refractivity contribution in [2.24, 2.45) is 5.73 Å². The molecule has 1 aromatic rings. The molecule has 0 aliphatic heterocycles. The summed E-state index contributed by atoms with van der Waals surface area (Å²) in [5.41, 5.74) is 12.4. The van der Waals surface area contributed by atoms with Crippen LogP contribution < -0.4 is 16.8 Å². The molecule has 1 atom stereocenters. The van der Waals surface area contributed by atoms with Gasteiger partial charge in [-0.1, -0.05) is 12.1 Å². The molecule has 116 valence electrons. The van der Waals surface area contributed by atoms with Crippen LogP contribution in [0.1, 0.15) is 24.8 Å². The zero-order valence-electron chi connectivity index (χ0n) is 11.7. The first-order chi connectivity index (χ1) is 9.99. The van der Waals surface area contributed by atoms with Crippen LogP contribution in [0.2, 0.25) is 0 Å². The van der Waals surface area contributed by atoms with Crippen molar-refractivity contribution < 1.29 is 19.4 Å². The summed E-state index contributed by atoms with van der Waals surface area (Å²) in [7, 11) is 0. The summed E-state index contributed by atoms with van der Waals surface area (Å²) >= 11 is 0. The van der Waals surface area contributed by atoms with Gasteiger partial charge in [-0.2, -0.15) is 0 Å². The Balaban J connectivity index is 2.09. The molecular weight excluding hydrogens is 274 g/mol. The molecule has 6 N–H and O–H groups in total. The van der Waals surface area contributed by atoms with E-state index in [1.54, 1.807) is 24.3 Å². The first-order valence-electron chi connectivity index (χ1n) is 6.72. The highest BCUT2D eigenvalue weighted by atomic mass is 16.5. The van der Waals surface area contributed by atoms with Crippen LogP contribution in [0.3, 0.4) is 0 Å². The van der Waals surface area contributed by atoms with E-state index in [0.29, 0.717) is 31.5 Å². The Morgan fingerprint density at radius 3 is 2.52 bits per heavy atom. The molecule has 1 rings (SSSR count). The standard InChI is InChI=1S/C14H21N3O4/c15-11-6-4-10(5-7-11)9-21-14(20)17-8-2-1-3-12(16)13(18)19/h4-7,12H,1-3,8-9,15-16H2,(H,17,20)(H,18,19)/t12-/m0/s1. The molecule has 0 saturated heterocycles. The molecule has 0 saturated carbocycles. The van der Waals surface area contributed by atoms with Gasteiger partial charge in [0.2, 0.25) is 0 Å². The van der Waals surface area contributed by atoms with E-state index in [1.807, 2.05) is 0 Å². The minimum Gasteiger partial charge on any atom is -0.480 e. The first kappa shape index (κ1) is 16.8. The number of unbranched alkanes of at least 4 members (excludes halogenated alkanes) is 1. The van der Waals surface area contributed by atoms with Gasteiger partial charge >= 0.3 is 12.1 Å². The highest BCUT2D eigenvalue weighted by Crippen LogP contribution is 2.06. The predicted molar refractivity (Wildman–Crippen MR) is 78.5 cm³/mol. The van der Waals surface area contributed by atoms with Crippen LogP contribution in [0.5, 0.6) is 0 Å². The molecule has 21 heavy (non-hydrogen) atoms. The number of ether oxygens (including phenoxy) is 1. The Morgan fingerprint density at radius 2 is 1.90 bits per heavy atom. The third kappa shape index (κ3) is 7.17. The number of alkyl carbamates (subject to hydrolysis) is 1. The Labute approximate surface area is 123 Å². The molecule has 7 heteroatoms. The maximum Gasteiger partial charge on any atom is 0.407 e. The van der Waals surface area contributed by atoms with Crippen LogP contribution in [0.25, 0.3) is 0 Å². The van der Waals surface area contributed by atoms with Gasteiger partial charge in [0.15, 0.2) is 0 Å². The lowest BCUT2D eigenvalue weighted by molar-refractivity contribution is -0.138. The molecule has 0 aromatic heterocycles. The van der Waals surface area contributed by atoms with Crippen molar-refractivity contribution >= 4 is 17.7 Å². The Kier molecular flexibility index (Phi) is 7.03. The van der Waals surface area contributed by atoms with Crippen LogP contribution in [-0.4, -0.2) is 29.8 Å². The molecule has 0 fully saturated rings. The fourth-order valence-corrected chi connectivity index (χ4v) is 1.62. The summed E-state index contributed by atoms with van der Waals surface area (Å²) < 4.78 is 5.02. The smallest absolute Gasteiger partial charge is 0.407 e. The summed E-state index contributed by atoms with van der Waals surface area (Å²) in [4.78, 5) is 21.9. The monoisotopic (exact) mass is 295 g/mol. The SMILES string of the molecule is Nc1ccc(COC(=O)NCCCC[C@H](N)C(=O)O)cc1. The minimum absolute atomic E-state index is 0.177. The third-order valence-electron chi connectivity index (χ3n) is 2.88. The third-order valence-corrected chi connectivity index (χ3v) is 2.88. The van der Waals surface area contributed by atoms with Crippen molar-refractivity contribution in [3.63, 3.8) is 0 Å². The molecule has 1 aromatic carbocycles. The number of hydrogen-bond donors (Lipinski definition) is 4. The summed E-state index contributed by atoms with van der Waals surface area (Å²) in [6.07, 6.45) is 1.16. The number of amides is 1. The maximum atomic E-state index is 11.4. The van der Waals surface area contributed by atoms with Gasteiger partial charge in [0, 0.05) is 12.2 Å². The summed E-state index contributed by atoms with van der Waals surface area (Å²) in [6.45, 7) is 0.600. The van der Waals surface area contributed by atoms with Crippen molar-refractivity contribution in [2.75, 3.05) is 12.3 Å². The summed E-state index contributed by atoms with van der Waals surface area (Å²) in [5, 5.41) is 11.2. The number of carbonyl (C=O) groups is 2. The predicted octanol–water partition coefficient (Wildman–Crippen LogP) is 1.08. The molecule has 0 aliphatic rings. The van der Waals surface area contributed by atoms with E-state index in [9.17, 15) is 9.59 Å². The van der Waals surface area contributed by atoms with Gasteiger partial charge in [0.1, 0.15) is 12.6 Å². The number of aliphatic carboxylic acids is 1. The largest absolute Gasteiger partial charge is 0.480 e. The molecule has 0 aliphatic carbocycles. The molecule has 7 nitrogen and oxygen atoms in total. The van der Waals surface area contributed by atoms with Crippen LogP contribution in [-0.2, 0) is 16.1 Å². The number of nitrogens with two attached hydrogens (primary N) is 2. The number of benzene rings is 1. The number of hydrogen-bond acceptors (Lipinski definition) is 5. The van der Waals surface area contributed by atoms with E-state index in [-0.39, 0.29) is 6.61 Å². The van der Waals surface area contributed by atoms with E-state index in [4.69, 9.17) is 21.3 Å². The van der Waals surface area contributed by atoms with Crippen molar-refractivity contribution in [2.45, 2.75) is 31.9 Å². The number of carboxylic acid groups (broad SMARTS) is 1. The maximum absolute atomic E-state index is 11.4. The lowest BCUT2D eigenvalue weighted by Gasteiger charge is -2.08. The van der Waals surface area contributed by atoms with Gasteiger partial charge in [-0.05, 0) is 37.0 Å². The summed E-state index contributed by atoms with van der Waals surface area (Å²) in [5.74, 6) is -1.01. The zero-order valence-corrected chi connectivity index (χ0v) is 11.7. The average molecular weight is 295 g/mol. The van der Waals surface area contributed by atoms with E-state index >= 15 is 0 Å². The second-order valence-corrected chi connectivity index (χ2v) is 4.69. The molecule has 0 heterocycles. The molecule has 0 radical (unpaired) electrons. The number of rotatable bonds is 8. The first-order valence-corrected chi connectivity index (χ1v) is 6.72. The van der Waals surface area contributed by atoms with E-state index in [0.717, 1.165) is 5.56 Å². The van der Waals surface area contributed by atoms with E-state index < -0.39 is 18.1 Å². The van der Waals surface area contributed by atoms with E-state index in [1.165, 1.54) is 0 Å². The fourth-order valence-electron chi connectivity index (χ4n) is 1.62. The number of anilines is 1. The quantitative estimate of drug-likeness (QED) is 0.419. The number of carboxylic acids is 1. The topological polar surface area (TPSA) is 128 Å². The minimum atomic E-state index is -1.01. The Hall–Kier alpha value is -2.28. The number of nitrogen functional groups attached to an aromatic ring is 1. The lowest BCUT2D eigenvalue weighted by Crippen LogP contribution is -2.30. The van der Waals surface area contributed by atoms with E-state index in [2.05, 4.69) is 5.32 Å². The fraction of sp³-hybridized carbons (Fsp3) is 0.429. The van der Waals surface area contributed by atoms with Crippen LogP contribution in [0, 0.1) is 0 Å². The molecule has 1 amide bonds. The highest BCUT2D eigenvalue weighted by Gasteiger charge is 2.10. The van der Waals surface area contributed by atoms with Gasteiger partial charge in [-0.3, -0.25) is 4.79 Å². The molecular formula is C14H21N3O4. The summed E-state index contributed by atoms with van der Waals surface area (Å²) in [6, 6.07) is 6.21. The lowest BCUT2D eigenvalue weighted by atomic mass is 10.1. The van der Waals surface area contributed by atoms with Crippen LogP contribution >= 0.6 is 0 Å². The average Bonchev–Trinajstić information content (AvgIpc) is 2.46. The van der Waals surface area contributed by atoms with Crippen molar-refractivity contribution in [3.8, 4) is 0 Å². The number of nitrogens with one attached hydrogen (secondary N) is 1. The molecule has 0 spiro atoms. The zero-order chi connectivity index (χ0) is 15.7. The van der Waals surface area contributed by atoms with Crippen molar-refractivity contribution in [1.29, 1.82) is 0 Å². The van der Waals surface area contributed by atoms with Gasteiger partial charge in [-0.25, -0.2) is 4.79 Å². The Morgan fingerprint density at radius 1 is 1.24 bits per heavy atom. The van der Waals surface area contributed by atoms with Crippen LogP contribution in [0.15, 0.2) is 24.3 Å². The van der Waals surface area contributed by atoms with Crippen molar-refractivity contribution in [1.82, 2.24) is 5.32 Å². The number of carbonyl (C=O) groups excluding carboxylic acids is 1. The van der Waals surface area contributed by atoms with Gasteiger partial charge in [0.25, 0.3) is 0 Å². The Bertz CT molecular complexity index is 462. The van der Waals surface area contributed by atoms with Crippen LogP contribution in [0.4, 0.5) is 10.5 Å². The highest BCUT2D eigenvalue weighted by molar-refractivity contribution is 5.72. The van der Waals surface area contributed by atoms with Crippen molar-refractivity contribution in [3.05, 3.63) is 29.8 Å².